The highest BCUT2D eigenvalue weighted by atomic mass is 79.9. The average Bonchev–Trinajstić information content (AvgIpc) is 3.46. The smallest absolute Gasteiger partial charge is 0.252 e. The lowest BCUT2D eigenvalue weighted by atomic mass is 9.98. The highest BCUT2D eigenvalue weighted by molar-refractivity contribution is 9.10. The van der Waals surface area contributed by atoms with Gasteiger partial charge in [-0.1, -0.05) is 17.7 Å². The first-order chi connectivity index (χ1) is 12.6. The first-order valence-corrected chi connectivity index (χ1v) is 10.0. The van der Waals surface area contributed by atoms with Gasteiger partial charge in [-0.15, -0.1) is 0 Å². The van der Waals surface area contributed by atoms with E-state index in [4.69, 9.17) is 16.3 Å². The fourth-order valence-corrected chi connectivity index (χ4v) is 3.35. The number of carbonyl (C=O) groups is 2. The molecule has 0 heterocycles. The Morgan fingerprint density at radius 2 is 1.93 bits per heavy atom. The summed E-state index contributed by atoms with van der Waals surface area (Å²) in [7, 11) is 1.53. The Hall–Kier alpha value is -1.18. The predicted octanol–water partition coefficient (Wildman–Crippen LogP) is 3.61. The van der Waals surface area contributed by atoms with E-state index in [0.29, 0.717) is 4.47 Å². The van der Waals surface area contributed by atoms with Crippen molar-refractivity contribution in [1.82, 2.24) is 10.6 Å². The average molecular weight is 464 g/mol. The van der Waals surface area contributed by atoms with Gasteiger partial charge in [-0.25, -0.2) is 4.39 Å². The Bertz CT molecular complexity index is 729. The number of rotatable bonds is 8. The predicted molar refractivity (Wildman–Crippen MR) is 106 cm³/mol. The third kappa shape index (κ3) is 5.21. The van der Waals surface area contributed by atoms with E-state index in [1.165, 1.54) is 13.2 Å². The van der Waals surface area contributed by atoms with E-state index in [9.17, 15) is 14.0 Å². The number of nitrogens with one attached hydrogen (secondary N) is 2. The first kappa shape index (κ1) is 22.1. The van der Waals surface area contributed by atoms with Crippen molar-refractivity contribution in [2.75, 3.05) is 7.11 Å². The van der Waals surface area contributed by atoms with Gasteiger partial charge in [0, 0.05) is 23.7 Å². The molecule has 1 fully saturated rings. The molecule has 2 amide bonds. The summed E-state index contributed by atoms with van der Waals surface area (Å²) in [5, 5.41) is 5.65. The largest absolute Gasteiger partial charge is 0.368 e. The summed E-state index contributed by atoms with van der Waals surface area (Å²) in [6.07, 6.45) is 1.81. The van der Waals surface area contributed by atoms with Crippen molar-refractivity contribution < 1.29 is 18.7 Å². The molecule has 1 aliphatic rings. The Balaban J connectivity index is 1.92. The maximum absolute atomic E-state index is 14.1. The molecule has 0 spiro atoms. The number of benzene rings is 1. The molecule has 1 aromatic carbocycles. The zero-order valence-electron chi connectivity index (χ0n) is 15.9. The van der Waals surface area contributed by atoms with Crippen molar-refractivity contribution in [3.8, 4) is 0 Å². The van der Waals surface area contributed by atoms with E-state index >= 15 is 0 Å². The lowest BCUT2D eigenvalue weighted by Crippen LogP contribution is -2.55. The zero-order chi connectivity index (χ0) is 20.4. The van der Waals surface area contributed by atoms with Gasteiger partial charge in [0.1, 0.15) is 11.4 Å². The Morgan fingerprint density at radius 3 is 2.48 bits per heavy atom. The fourth-order valence-electron chi connectivity index (χ4n) is 2.86. The van der Waals surface area contributed by atoms with Crippen molar-refractivity contribution in [2.45, 2.75) is 57.7 Å². The van der Waals surface area contributed by atoms with E-state index < -0.39 is 11.4 Å². The van der Waals surface area contributed by atoms with Crippen molar-refractivity contribution in [3.63, 3.8) is 0 Å². The fraction of sp³-hybridized carbons (Fsp3) is 0.579. The molecule has 0 saturated heterocycles. The number of carbonyl (C=O) groups excluding carboxylic acids is 2. The minimum absolute atomic E-state index is 0.0482. The summed E-state index contributed by atoms with van der Waals surface area (Å²) in [6.45, 7) is 5.38. The van der Waals surface area contributed by atoms with Crippen LogP contribution in [-0.4, -0.2) is 36.6 Å². The van der Waals surface area contributed by atoms with E-state index in [1.807, 2.05) is 6.92 Å². The van der Waals surface area contributed by atoms with Gasteiger partial charge in [0.25, 0.3) is 5.91 Å². The second-order valence-corrected chi connectivity index (χ2v) is 8.45. The summed E-state index contributed by atoms with van der Waals surface area (Å²) in [4.78, 5) is 24.8. The van der Waals surface area contributed by atoms with Gasteiger partial charge < -0.3 is 15.4 Å². The van der Waals surface area contributed by atoms with Crippen molar-refractivity contribution in [1.29, 1.82) is 0 Å². The molecular weight excluding hydrogens is 439 g/mol. The van der Waals surface area contributed by atoms with Gasteiger partial charge in [-0.05, 0) is 67.1 Å². The summed E-state index contributed by atoms with van der Waals surface area (Å²) < 4.78 is 20.0. The normalized spacial score (nSPS) is 18.3. The van der Waals surface area contributed by atoms with Crippen LogP contribution in [0.1, 0.15) is 39.2 Å². The van der Waals surface area contributed by atoms with Gasteiger partial charge in [0.15, 0.2) is 0 Å². The van der Waals surface area contributed by atoms with Crippen LogP contribution in [0, 0.1) is 11.7 Å². The van der Waals surface area contributed by atoms with Crippen molar-refractivity contribution >= 4 is 39.3 Å². The summed E-state index contributed by atoms with van der Waals surface area (Å²) >= 11 is 9.00. The lowest BCUT2D eigenvalue weighted by molar-refractivity contribution is -0.145. The van der Waals surface area contributed by atoms with Gasteiger partial charge in [-0.3, -0.25) is 9.59 Å². The maximum Gasteiger partial charge on any atom is 0.252 e. The molecule has 5 nitrogen and oxygen atoms in total. The number of hydrogen-bond acceptors (Lipinski definition) is 3. The molecule has 3 unspecified atom stereocenters. The molecule has 3 atom stereocenters. The number of amides is 2. The molecule has 0 bridgehead atoms. The van der Waals surface area contributed by atoms with Crippen molar-refractivity contribution in [3.05, 3.63) is 33.0 Å². The Kier molecular flexibility index (Phi) is 7.27. The Morgan fingerprint density at radius 1 is 1.33 bits per heavy atom. The standard InChI is InChI=1S/C19H25BrClFN2O3/c1-10(11(2)24-18(26)19(3,27-4)13-6-7-13)23-15(25)9-12-5-8-14(20)16(21)17(12)22/h5,8,10-11,13H,6-7,9H2,1-4H3,(H,23,25)(H,24,26). The van der Waals surface area contributed by atoms with Crippen LogP contribution in [0.5, 0.6) is 0 Å². The molecule has 150 valence electrons. The molecular formula is C19H25BrClFN2O3. The SMILES string of the molecule is COC(C)(C(=O)NC(C)C(C)NC(=O)Cc1ccc(Br)c(Cl)c1F)C1CC1. The second-order valence-electron chi connectivity index (χ2n) is 7.22. The molecule has 0 radical (unpaired) electrons. The molecule has 2 N–H and O–H groups in total. The molecule has 0 aliphatic heterocycles. The summed E-state index contributed by atoms with van der Waals surface area (Å²) in [6, 6.07) is 2.47. The molecule has 0 aromatic heterocycles. The number of ether oxygens (including phenoxy) is 1. The highest BCUT2D eigenvalue weighted by Gasteiger charge is 2.48. The number of halogens is 3. The van der Waals surface area contributed by atoms with Crippen LogP contribution in [0.15, 0.2) is 16.6 Å². The van der Waals surface area contributed by atoms with Gasteiger partial charge in [0.05, 0.1) is 11.4 Å². The molecule has 27 heavy (non-hydrogen) atoms. The molecule has 8 heteroatoms. The van der Waals surface area contributed by atoms with E-state index in [0.717, 1.165) is 12.8 Å². The molecule has 1 aliphatic carbocycles. The van der Waals surface area contributed by atoms with Gasteiger partial charge >= 0.3 is 0 Å². The Labute approximate surface area is 172 Å². The number of methoxy groups -OCH3 is 1. The summed E-state index contributed by atoms with van der Waals surface area (Å²) in [5.41, 5.74) is -0.639. The third-order valence-electron chi connectivity index (χ3n) is 5.19. The van der Waals surface area contributed by atoms with Crippen LogP contribution in [0.2, 0.25) is 5.02 Å². The van der Waals surface area contributed by atoms with Crippen LogP contribution >= 0.6 is 27.5 Å². The monoisotopic (exact) mass is 462 g/mol. The van der Waals surface area contributed by atoms with Crippen LogP contribution in [-0.2, 0) is 20.7 Å². The maximum atomic E-state index is 14.1. The quantitative estimate of drug-likeness (QED) is 0.579. The van der Waals surface area contributed by atoms with Gasteiger partial charge in [-0.2, -0.15) is 0 Å². The first-order valence-electron chi connectivity index (χ1n) is 8.88. The van der Waals surface area contributed by atoms with Crippen LogP contribution in [0.4, 0.5) is 4.39 Å². The van der Waals surface area contributed by atoms with Crippen LogP contribution < -0.4 is 10.6 Å². The van der Waals surface area contributed by atoms with E-state index in [-0.39, 0.29) is 46.8 Å². The van der Waals surface area contributed by atoms with E-state index in [1.54, 1.807) is 19.9 Å². The zero-order valence-corrected chi connectivity index (χ0v) is 18.2. The lowest BCUT2D eigenvalue weighted by Gasteiger charge is -2.30. The number of hydrogen-bond donors (Lipinski definition) is 2. The second kappa shape index (κ2) is 8.88. The van der Waals surface area contributed by atoms with E-state index in [2.05, 4.69) is 26.6 Å². The minimum atomic E-state index is -0.852. The van der Waals surface area contributed by atoms with Gasteiger partial charge in [0.2, 0.25) is 5.91 Å². The topological polar surface area (TPSA) is 67.4 Å². The third-order valence-corrected chi connectivity index (χ3v) is 6.45. The van der Waals surface area contributed by atoms with Crippen molar-refractivity contribution in [2.24, 2.45) is 5.92 Å². The molecule has 1 aromatic rings. The van der Waals surface area contributed by atoms with Crippen LogP contribution in [0.25, 0.3) is 0 Å². The highest BCUT2D eigenvalue weighted by Crippen LogP contribution is 2.41. The van der Waals surface area contributed by atoms with Crippen LogP contribution in [0.3, 0.4) is 0 Å². The molecule has 2 rings (SSSR count). The molecule has 1 saturated carbocycles. The minimum Gasteiger partial charge on any atom is -0.368 e. The summed E-state index contributed by atoms with van der Waals surface area (Å²) in [5.74, 6) is -0.926.